The van der Waals surface area contributed by atoms with Gasteiger partial charge in [-0.15, -0.1) is 0 Å². The number of carbonyl (C=O) groups excluding carboxylic acids is 2. The van der Waals surface area contributed by atoms with Crippen molar-refractivity contribution in [2.75, 3.05) is 13.7 Å². The molecular formula is C24H25ClFNO4. The zero-order chi connectivity index (χ0) is 22.7. The van der Waals surface area contributed by atoms with Crippen LogP contribution >= 0.6 is 11.6 Å². The van der Waals surface area contributed by atoms with Crippen LogP contribution in [0.3, 0.4) is 0 Å². The monoisotopic (exact) mass is 445 g/mol. The first-order valence-electron chi connectivity index (χ1n) is 10.2. The minimum absolute atomic E-state index is 0.150. The highest BCUT2D eigenvalue weighted by Crippen LogP contribution is 2.43. The van der Waals surface area contributed by atoms with Gasteiger partial charge < -0.3 is 14.7 Å². The van der Waals surface area contributed by atoms with Crippen molar-refractivity contribution in [1.82, 2.24) is 4.90 Å². The number of methoxy groups -OCH3 is 1. The molecule has 0 aromatic heterocycles. The van der Waals surface area contributed by atoms with Gasteiger partial charge in [0.15, 0.2) is 0 Å². The summed E-state index contributed by atoms with van der Waals surface area (Å²) in [5.74, 6) is -2.44. The van der Waals surface area contributed by atoms with Crippen molar-refractivity contribution >= 4 is 29.1 Å². The highest BCUT2D eigenvalue weighted by Gasteiger charge is 2.47. The van der Waals surface area contributed by atoms with Crippen LogP contribution in [0.15, 0.2) is 42.0 Å². The van der Waals surface area contributed by atoms with E-state index in [9.17, 15) is 19.1 Å². The van der Waals surface area contributed by atoms with Crippen molar-refractivity contribution in [3.8, 4) is 5.75 Å². The lowest BCUT2D eigenvalue weighted by molar-refractivity contribution is -0.139. The lowest BCUT2D eigenvalue weighted by Crippen LogP contribution is -2.31. The van der Waals surface area contributed by atoms with Crippen molar-refractivity contribution in [3.05, 3.63) is 69.5 Å². The van der Waals surface area contributed by atoms with E-state index in [4.69, 9.17) is 16.3 Å². The molecule has 1 fully saturated rings. The third-order valence-electron chi connectivity index (χ3n) is 5.39. The standard InChI is InChI=1S/C24H25ClFNO4/c1-4-5-8-11-27-20(15-9-6-7-10-18(15)26)19(22(29)24(27)30)21(28)16-12-14(2)13-17(25)23(16)31-3/h6-7,9-10,12-13,20,28H,4-5,8,11H2,1-3H3/b21-19+. The molecule has 164 valence electrons. The number of likely N-dealkylation sites (tertiary alicyclic amines) is 1. The average Bonchev–Trinajstić information content (AvgIpc) is 2.98. The second kappa shape index (κ2) is 9.52. The molecule has 0 radical (unpaired) electrons. The number of ether oxygens (including phenoxy) is 1. The van der Waals surface area contributed by atoms with Crippen LogP contribution in [0.1, 0.15) is 48.9 Å². The number of aliphatic hydroxyl groups is 1. The molecule has 2 aromatic rings. The predicted molar refractivity (Wildman–Crippen MR) is 118 cm³/mol. The predicted octanol–water partition coefficient (Wildman–Crippen LogP) is 5.41. The molecule has 5 nitrogen and oxygen atoms in total. The molecule has 1 N–H and O–H groups in total. The molecule has 0 saturated carbocycles. The highest BCUT2D eigenvalue weighted by molar-refractivity contribution is 6.46. The molecule has 1 heterocycles. The lowest BCUT2D eigenvalue weighted by Gasteiger charge is -2.25. The van der Waals surface area contributed by atoms with Gasteiger partial charge in [0.2, 0.25) is 0 Å². The summed E-state index contributed by atoms with van der Waals surface area (Å²) >= 11 is 6.26. The van der Waals surface area contributed by atoms with Crippen LogP contribution < -0.4 is 4.74 Å². The third-order valence-corrected chi connectivity index (χ3v) is 5.67. The number of Topliss-reactive ketones (excluding diaryl/α,β-unsaturated/α-hetero) is 1. The molecule has 0 aliphatic carbocycles. The molecule has 1 aliphatic heterocycles. The van der Waals surface area contributed by atoms with Gasteiger partial charge in [-0.25, -0.2) is 4.39 Å². The number of nitrogens with zero attached hydrogens (tertiary/aromatic N) is 1. The van der Waals surface area contributed by atoms with Crippen LogP contribution in [-0.2, 0) is 9.59 Å². The SMILES string of the molecule is CCCCCN1C(=O)C(=O)/C(=C(/O)c2cc(C)cc(Cl)c2OC)C1c1ccccc1F. The summed E-state index contributed by atoms with van der Waals surface area (Å²) in [4.78, 5) is 27.2. The quantitative estimate of drug-likeness (QED) is 0.268. The molecule has 2 aromatic carbocycles. The summed E-state index contributed by atoms with van der Waals surface area (Å²) < 4.78 is 20.1. The molecule has 1 atom stereocenters. The summed E-state index contributed by atoms with van der Waals surface area (Å²) in [5.41, 5.74) is 0.886. The topological polar surface area (TPSA) is 66.8 Å². The molecule has 0 spiro atoms. The summed E-state index contributed by atoms with van der Waals surface area (Å²) in [6.45, 7) is 4.08. The Hall–Kier alpha value is -2.86. The van der Waals surface area contributed by atoms with Gasteiger partial charge in [-0.2, -0.15) is 0 Å². The fraction of sp³-hybridized carbons (Fsp3) is 0.333. The van der Waals surface area contributed by atoms with E-state index in [1.807, 2.05) is 6.92 Å². The molecule has 1 amide bonds. The fourth-order valence-corrected chi connectivity index (χ4v) is 4.27. The van der Waals surface area contributed by atoms with Crippen LogP contribution in [0.2, 0.25) is 5.02 Å². The molecule has 1 aliphatic rings. The number of rotatable bonds is 7. The molecule has 1 unspecified atom stereocenters. The highest BCUT2D eigenvalue weighted by atomic mass is 35.5. The van der Waals surface area contributed by atoms with Crippen molar-refractivity contribution in [3.63, 3.8) is 0 Å². The van der Waals surface area contributed by atoms with Gasteiger partial charge >= 0.3 is 0 Å². The van der Waals surface area contributed by atoms with E-state index in [2.05, 4.69) is 0 Å². The first-order valence-corrected chi connectivity index (χ1v) is 10.6. The van der Waals surface area contributed by atoms with Gasteiger partial charge in [0.05, 0.1) is 29.3 Å². The Balaban J connectivity index is 2.24. The van der Waals surface area contributed by atoms with E-state index in [-0.39, 0.29) is 34.0 Å². The maximum atomic E-state index is 14.8. The van der Waals surface area contributed by atoms with Gasteiger partial charge in [0.1, 0.15) is 17.3 Å². The smallest absolute Gasteiger partial charge is 0.295 e. The largest absolute Gasteiger partial charge is 0.507 e. The molecule has 1 saturated heterocycles. The van der Waals surface area contributed by atoms with Gasteiger partial charge in [0.25, 0.3) is 11.7 Å². The molecule has 0 bridgehead atoms. The molecule has 3 rings (SSSR count). The van der Waals surface area contributed by atoms with Crippen LogP contribution in [0, 0.1) is 12.7 Å². The van der Waals surface area contributed by atoms with E-state index in [1.165, 1.54) is 30.2 Å². The Morgan fingerprint density at radius 1 is 1.23 bits per heavy atom. The van der Waals surface area contributed by atoms with Crippen LogP contribution in [0.25, 0.3) is 5.76 Å². The summed E-state index contributed by atoms with van der Waals surface area (Å²) in [5, 5.41) is 11.5. The molecule has 31 heavy (non-hydrogen) atoms. The Bertz CT molecular complexity index is 1050. The van der Waals surface area contributed by atoms with Crippen LogP contribution in [0.4, 0.5) is 4.39 Å². The van der Waals surface area contributed by atoms with Gasteiger partial charge in [-0.3, -0.25) is 9.59 Å². The first kappa shape index (κ1) is 22.8. The number of benzene rings is 2. The third kappa shape index (κ3) is 4.30. The van der Waals surface area contributed by atoms with Crippen molar-refractivity contribution in [2.24, 2.45) is 0 Å². The minimum Gasteiger partial charge on any atom is -0.507 e. The first-order chi connectivity index (χ1) is 14.8. The maximum absolute atomic E-state index is 14.8. The molecule has 7 heteroatoms. The van der Waals surface area contributed by atoms with Crippen molar-refractivity contribution in [1.29, 1.82) is 0 Å². The zero-order valence-electron chi connectivity index (χ0n) is 17.7. The number of ketones is 1. The zero-order valence-corrected chi connectivity index (χ0v) is 18.5. The Kier molecular flexibility index (Phi) is 7.01. The van der Waals surface area contributed by atoms with E-state index < -0.39 is 29.3 Å². The summed E-state index contributed by atoms with van der Waals surface area (Å²) in [6, 6.07) is 8.19. The van der Waals surface area contributed by atoms with E-state index in [0.717, 1.165) is 18.4 Å². The number of unbranched alkanes of at least 4 members (excludes halogenated alkanes) is 2. The lowest BCUT2D eigenvalue weighted by atomic mass is 9.94. The van der Waals surface area contributed by atoms with Crippen LogP contribution in [-0.4, -0.2) is 35.4 Å². The molecular weight excluding hydrogens is 421 g/mol. The fourth-order valence-electron chi connectivity index (χ4n) is 3.92. The second-order valence-corrected chi connectivity index (χ2v) is 7.96. The van der Waals surface area contributed by atoms with Crippen molar-refractivity contribution < 1.29 is 23.8 Å². The van der Waals surface area contributed by atoms with Crippen LogP contribution in [0.5, 0.6) is 5.75 Å². The minimum atomic E-state index is -1.04. The van der Waals surface area contributed by atoms with Gasteiger partial charge in [-0.1, -0.05) is 49.6 Å². The maximum Gasteiger partial charge on any atom is 0.295 e. The number of aryl methyl sites for hydroxylation is 1. The van der Waals surface area contributed by atoms with E-state index in [1.54, 1.807) is 25.1 Å². The summed E-state index contributed by atoms with van der Waals surface area (Å²) in [7, 11) is 1.39. The summed E-state index contributed by atoms with van der Waals surface area (Å²) in [6.07, 6.45) is 2.44. The number of aliphatic hydroxyl groups excluding tert-OH is 1. The second-order valence-electron chi connectivity index (χ2n) is 7.55. The Morgan fingerprint density at radius 2 is 1.94 bits per heavy atom. The Labute approximate surface area is 186 Å². The van der Waals surface area contributed by atoms with Gasteiger partial charge in [0, 0.05) is 12.1 Å². The number of amides is 1. The Morgan fingerprint density at radius 3 is 2.58 bits per heavy atom. The van der Waals surface area contributed by atoms with E-state index >= 15 is 0 Å². The van der Waals surface area contributed by atoms with Gasteiger partial charge in [-0.05, 0) is 37.1 Å². The van der Waals surface area contributed by atoms with E-state index in [0.29, 0.717) is 6.42 Å². The number of carbonyl (C=O) groups is 2. The van der Waals surface area contributed by atoms with Crippen molar-refractivity contribution in [2.45, 2.75) is 39.2 Å². The number of hydrogen-bond acceptors (Lipinski definition) is 4. The number of hydrogen-bond donors (Lipinski definition) is 1. The average molecular weight is 446 g/mol. The number of halogens is 2. The normalized spacial score (nSPS) is 18.0.